The van der Waals surface area contributed by atoms with Crippen molar-refractivity contribution >= 4 is 66.4 Å². The van der Waals surface area contributed by atoms with Crippen molar-refractivity contribution in [2.24, 2.45) is 0 Å². The Labute approximate surface area is 430 Å². The molecule has 0 saturated carbocycles. The van der Waals surface area contributed by atoms with Gasteiger partial charge in [0.15, 0.2) is 0 Å². The van der Waals surface area contributed by atoms with Crippen molar-refractivity contribution in [1.29, 1.82) is 0 Å². The molecule has 0 atom stereocenters. The minimum absolute atomic E-state index is 0.0240. The van der Waals surface area contributed by atoms with Crippen LogP contribution in [0, 0.1) is 13.8 Å². The molecule has 0 aromatic heterocycles. The van der Waals surface area contributed by atoms with Crippen LogP contribution in [0.5, 0.6) is 0 Å². The summed E-state index contributed by atoms with van der Waals surface area (Å²) in [6, 6.07) is 69.9. The van der Waals surface area contributed by atoms with Crippen molar-refractivity contribution < 1.29 is 0 Å². The fourth-order valence-corrected chi connectivity index (χ4v) is 10.6. The standard InChI is InChI=1S/C70H72N2/c1-45-15-31-53(32-16-45)71(55-35-27-51(28-36-55)69(9,10)11)63-43-61(47-19-23-49(24-20-47)67(3,4)5)57-40-42-60-64(72(54-33-17-46(2)18-34-54)56-37-29-52(30-38-56)70(12,13)14)44-62(58-39-41-59(63)65(57)66(58)60)48-21-25-50(26-22-48)68(6,7)8/h15-44H,1-14H3. The number of benzene rings is 10. The highest BCUT2D eigenvalue weighted by Crippen LogP contribution is 2.52. The van der Waals surface area contributed by atoms with Crippen LogP contribution in [0.4, 0.5) is 34.1 Å². The molecule has 0 aliphatic rings. The van der Waals surface area contributed by atoms with Crippen molar-refractivity contribution in [2.45, 2.75) is 119 Å². The van der Waals surface area contributed by atoms with E-state index in [-0.39, 0.29) is 21.7 Å². The van der Waals surface area contributed by atoms with E-state index in [1.807, 2.05) is 0 Å². The van der Waals surface area contributed by atoms with Crippen molar-refractivity contribution in [3.05, 3.63) is 215 Å². The van der Waals surface area contributed by atoms with Gasteiger partial charge >= 0.3 is 0 Å². The lowest BCUT2D eigenvalue weighted by Crippen LogP contribution is -2.14. The molecule has 0 fully saturated rings. The topological polar surface area (TPSA) is 6.48 Å². The van der Waals surface area contributed by atoms with Gasteiger partial charge in [-0.1, -0.05) is 216 Å². The lowest BCUT2D eigenvalue weighted by atomic mass is 9.83. The van der Waals surface area contributed by atoms with Crippen LogP contribution in [0.2, 0.25) is 0 Å². The molecular formula is C70H72N2. The molecule has 362 valence electrons. The molecule has 0 spiro atoms. The fourth-order valence-electron chi connectivity index (χ4n) is 10.6. The first-order chi connectivity index (χ1) is 34.0. The van der Waals surface area contributed by atoms with Crippen LogP contribution in [0.25, 0.3) is 54.6 Å². The number of rotatable bonds is 8. The predicted molar refractivity (Wildman–Crippen MR) is 315 cm³/mol. The molecule has 0 bridgehead atoms. The summed E-state index contributed by atoms with van der Waals surface area (Å²) in [6.07, 6.45) is 0. The summed E-state index contributed by atoms with van der Waals surface area (Å²) in [5.41, 5.74) is 19.5. The zero-order valence-corrected chi connectivity index (χ0v) is 45.2. The Bertz CT molecular complexity index is 3310. The summed E-state index contributed by atoms with van der Waals surface area (Å²) < 4.78 is 0. The third-order valence-electron chi connectivity index (χ3n) is 15.0. The number of nitrogens with zero attached hydrogens (tertiary/aromatic N) is 2. The molecule has 2 nitrogen and oxygen atoms in total. The Balaban J connectivity index is 1.36. The summed E-state index contributed by atoms with van der Waals surface area (Å²) >= 11 is 0. The Kier molecular flexibility index (Phi) is 12.0. The number of hydrogen-bond donors (Lipinski definition) is 0. The molecule has 2 heteroatoms. The molecule has 0 amide bonds. The van der Waals surface area contributed by atoms with Gasteiger partial charge in [0.2, 0.25) is 0 Å². The molecule has 0 aliphatic heterocycles. The van der Waals surface area contributed by atoms with E-state index < -0.39 is 0 Å². The molecular weight excluding hydrogens is 869 g/mol. The lowest BCUT2D eigenvalue weighted by molar-refractivity contribution is 0.590. The summed E-state index contributed by atoms with van der Waals surface area (Å²) in [6.45, 7) is 31.9. The van der Waals surface area contributed by atoms with E-state index in [1.54, 1.807) is 0 Å². The molecule has 10 aromatic rings. The Morgan fingerprint density at radius 2 is 0.500 bits per heavy atom. The first-order valence-electron chi connectivity index (χ1n) is 26.0. The third-order valence-corrected chi connectivity index (χ3v) is 15.0. The minimum atomic E-state index is 0.0240. The Hall–Kier alpha value is -7.16. The maximum absolute atomic E-state index is 2.49. The molecule has 0 aliphatic carbocycles. The lowest BCUT2D eigenvalue weighted by Gasteiger charge is -2.31. The molecule has 0 radical (unpaired) electrons. The van der Waals surface area contributed by atoms with Gasteiger partial charge < -0.3 is 9.80 Å². The summed E-state index contributed by atoms with van der Waals surface area (Å²) in [5, 5.41) is 7.43. The molecule has 0 heterocycles. The second-order valence-corrected chi connectivity index (χ2v) is 24.5. The van der Waals surface area contributed by atoms with E-state index in [4.69, 9.17) is 0 Å². The van der Waals surface area contributed by atoms with Crippen LogP contribution in [0.1, 0.15) is 116 Å². The van der Waals surface area contributed by atoms with Gasteiger partial charge in [-0.05, 0) is 151 Å². The van der Waals surface area contributed by atoms with E-state index in [2.05, 4.69) is 289 Å². The largest absolute Gasteiger partial charge is 0.310 e. The monoisotopic (exact) mass is 941 g/mol. The van der Waals surface area contributed by atoms with Crippen LogP contribution in [-0.4, -0.2) is 0 Å². The first kappa shape index (κ1) is 48.5. The van der Waals surface area contributed by atoms with Crippen LogP contribution >= 0.6 is 0 Å². The van der Waals surface area contributed by atoms with E-state index >= 15 is 0 Å². The molecule has 0 unspecified atom stereocenters. The molecule has 72 heavy (non-hydrogen) atoms. The number of hydrogen-bond acceptors (Lipinski definition) is 2. The highest BCUT2D eigenvalue weighted by atomic mass is 15.1. The van der Waals surface area contributed by atoms with E-state index in [0.717, 1.165) is 34.1 Å². The smallest absolute Gasteiger partial charge is 0.0546 e. The normalized spacial score (nSPS) is 12.6. The van der Waals surface area contributed by atoms with E-state index in [0.29, 0.717) is 0 Å². The quantitative estimate of drug-likeness (QED) is 0.140. The van der Waals surface area contributed by atoms with Gasteiger partial charge in [0.1, 0.15) is 0 Å². The van der Waals surface area contributed by atoms with Crippen LogP contribution < -0.4 is 9.80 Å². The van der Waals surface area contributed by atoms with Gasteiger partial charge in [-0.15, -0.1) is 0 Å². The molecule has 10 rings (SSSR count). The van der Waals surface area contributed by atoms with Crippen LogP contribution in [0.3, 0.4) is 0 Å². The van der Waals surface area contributed by atoms with E-state index in [1.165, 1.54) is 88.0 Å². The van der Waals surface area contributed by atoms with Gasteiger partial charge in [0, 0.05) is 44.3 Å². The maximum Gasteiger partial charge on any atom is 0.0546 e. The summed E-state index contributed by atoms with van der Waals surface area (Å²) in [5.74, 6) is 0. The Morgan fingerprint density at radius 3 is 0.764 bits per heavy atom. The van der Waals surface area contributed by atoms with Gasteiger partial charge in [-0.2, -0.15) is 0 Å². The van der Waals surface area contributed by atoms with E-state index in [9.17, 15) is 0 Å². The average molecular weight is 941 g/mol. The zero-order chi connectivity index (χ0) is 51.1. The van der Waals surface area contributed by atoms with Crippen molar-refractivity contribution in [1.82, 2.24) is 0 Å². The third kappa shape index (κ3) is 9.06. The summed E-state index contributed by atoms with van der Waals surface area (Å²) in [4.78, 5) is 4.99. The molecule has 0 saturated heterocycles. The van der Waals surface area contributed by atoms with Gasteiger partial charge in [0.25, 0.3) is 0 Å². The van der Waals surface area contributed by atoms with Gasteiger partial charge in [0.05, 0.1) is 11.4 Å². The maximum atomic E-state index is 2.49. The average Bonchev–Trinajstić information content (AvgIpc) is 3.34. The predicted octanol–water partition coefficient (Wildman–Crippen LogP) is 20.7. The SMILES string of the molecule is Cc1ccc(N(c2ccc(C(C)(C)C)cc2)c2cc(-c3ccc(C(C)(C)C)cc3)c3ccc4c(N(c5ccc(C)cc5)c5ccc(C(C)(C)C)cc5)cc(-c5ccc(C(C)(C)C)cc5)c5ccc2c3c54)cc1. The van der Waals surface area contributed by atoms with Crippen molar-refractivity contribution in [3.63, 3.8) is 0 Å². The second-order valence-electron chi connectivity index (χ2n) is 24.5. The minimum Gasteiger partial charge on any atom is -0.310 e. The van der Waals surface area contributed by atoms with Gasteiger partial charge in [-0.25, -0.2) is 0 Å². The van der Waals surface area contributed by atoms with Crippen molar-refractivity contribution in [3.8, 4) is 22.3 Å². The Morgan fingerprint density at radius 1 is 0.264 bits per heavy atom. The van der Waals surface area contributed by atoms with Crippen molar-refractivity contribution in [2.75, 3.05) is 9.80 Å². The fraction of sp³-hybridized carbons (Fsp3) is 0.257. The second kappa shape index (κ2) is 17.9. The van der Waals surface area contributed by atoms with Crippen LogP contribution in [0.15, 0.2) is 182 Å². The summed E-state index contributed by atoms with van der Waals surface area (Å²) in [7, 11) is 0. The number of aryl methyl sites for hydroxylation is 2. The highest BCUT2D eigenvalue weighted by Gasteiger charge is 2.27. The number of anilines is 6. The van der Waals surface area contributed by atoms with Gasteiger partial charge in [-0.3, -0.25) is 0 Å². The zero-order valence-electron chi connectivity index (χ0n) is 45.2. The van der Waals surface area contributed by atoms with Crippen LogP contribution in [-0.2, 0) is 21.7 Å². The molecule has 0 N–H and O–H groups in total. The molecule has 10 aromatic carbocycles. The first-order valence-corrected chi connectivity index (χ1v) is 26.0. The highest BCUT2D eigenvalue weighted by molar-refractivity contribution is 6.32.